The molecule has 0 radical (unpaired) electrons. The van der Waals surface area contributed by atoms with Crippen LogP contribution in [0.3, 0.4) is 0 Å². The maximum atomic E-state index is 13.3. The molecule has 6 aliphatic rings. The van der Waals surface area contributed by atoms with Gasteiger partial charge in [-0.05, 0) is 69.1 Å². The number of hydrogen-bond acceptors (Lipinski definition) is 6. The highest BCUT2D eigenvalue weighted by molar-refractivity contribution is 5.95. The van der Waals surface area contributed by atoms with Gasteiger partial charge in [0, 0.05) is 24.8 Å². The third kappa shape index (κ3) is 3.30. The van der Waals surface area contributed by atoms with Crippen LogP contribution < -0.4 is 10.6 Å². The molecule has 1 aromatic rings. The summed E-state index contributed by atoms with van der Waals surface area (Å²) < 4.78 is 5.44. The van der Waals surface area contributed by atoms with Gasteiger partial charge in [0.25, 0.3) is 5.91 Å². The van der Waals surface area contributed by atoms with Gasteiger partial charge in [-0.25, -0.2) is 9.97 Å². The van der Waals surface area contributed by atoms with E-state index in [2.05, 4.69) is 15.6 Å². The van der Waals surface area contributed by atoms with E-state index in [-0.39, 0.29) is 18.0 Å². The van der Waals surface area contributed by atoms with E-state index in [0.717, 1.165) is 63.7 Å². The molecule has 1 aliphatic heterocycles. The molecule has 1 aromatic heterocycles. The molecule has 7 nitrogen and oxygen atoms in total. The monoisotopic (exact) mass is 412 g/mol. The highest BCUT2D eigenvalue weighted by atomic mass is 16.5. The van der Waals surface area contributed by atoms with E-state index in [0.29, 0.717) is 41.8 Å². The highest BCUT2D eigenvalue weighted by Crippen LogP contribution is 2.55. The van der Waals surface area contributed by atoms with E-state index < -0.39 is 5.60 Å². The largest absolute Gasteiger partial charge is 0.390 e. The molecule has 162 valence electrons. The van der Waals surface area contributed by atoms with Crippen LogP contribution in [0.5, 0.6) is 0 Å². The van der Waals surface area contributed by atoms with E-state index in [4.69, 9.17) is 9.72 Å². The maximum absolute atomic E-state index is 13.3. The molecule has 0 aromatic carbocycles. The lowest BCUT2D eigenvalue weighted by Crippen LogP contribution is -2.61. The Balaban J connectivity index is 1.21. The van der Waals surface area contributed by atoms with Crippen molar-refractivity contribution in [3.8, 4) is 0 Å². The Morgan fingerprint density at radius 2 is 1.97 bits per heavy atom. The predicted molar refractivity (Wildman–Crippen MR) is 111 cm³/mol. The van der Waals surface area contributed by atoms with Crippen molar-refractivity contribution in [1.82, 2.24) is 15.3 Å². The summed E-state index contributed by atoms with van der Waals surface area (Å²) in [7, 11) is 0. The molecule has 4 bridgehead atoms. The average molecular weight is 413 g/mol. The smallest absolute Gasteiger partial charge is 0.254 e. The van der Waals surface area contributed by atoms with Gasteiger partial charge in [-0.2, -0.15) is 0 Å². The molecule has 5 aliphatic carbocycles. The Labute approximate surface area is 177 Å². The van der Waals surface area contributed by atoms with Crippen molar-refractivity contribution in [2.45, 2.75) is 81.4 Å². The third-order valence-electron chi connectivity index (χ3n) is 8.36. The van der Waals surface area contributed by atoms with Crippen molar-refractivity contribution in [2.75, 3.05) is 18.5 Å². The van der Waals surface area contributed by atoms with Crippen molar-refractivity contribution in [3.63, 3.8) is 0 Å². The zero-order chi connectivity index (χ0) is 20.3. The Morgan fingerprint density at radius 1 is 1.17 bits per heavy atom. The van der Waals surface area contributed by atoms with Gasteiger partial charge in [0.2, 0.25) is 5.95 Å². The number of ether oxygens (including phenoxy) is 1. The molecule has 1 saturated heterocycles. The lowest BCUT2D eigenvalue weighted by Gasteiger charge is -2.58. The van der Waals surface area contributed by atoms with Gasteiger partial charge in [-0.3, -0.25) is 4.79 Å². The summed E-state index contributed by atoms with van der Waals surface area (Å²) >= 11 is 0. The fraction of sp³-hybridized carbons (Fsp3) is 0.783. The molecular weight excluding hydrogens is 380 g/mol. The maximum Gasteiger partial charge on any atom is 0.254 e. The summed E-state index contributed by atoms with van der Waals surface area (Å²) in [4.78, 5) is 22.6. The second-order valence-electron chi connectivity index (χ2n) is 10.5. The summed E-state index contributed by atoms with van der Waals surface area (Å²) in [6.07, 6.45) is 11.0. The fourth-order valence-electron chi connectivity index (χ4n) is 6.91. The molecule has 3 atom stereocenters. The molecule has 6 fully saturated rings. The van der Waals surface area contributed by atoms with Crippen molar-refractivity contribution >= 4 is 11.9 Å². The zero-order valence-corrected chi connectivity index (χ0v) is 17.5. The molecule has 30 heavy (non-hydrogen) atoms. The van der Waals surface area contributed by atoms with Crippen LogP contribution in [0.2, 0.25) is 0 Å². The Morgan fingerprint density at radius 3 is 2.60 bits per heavy atom. The van der Waals surface area contributed by atoms with E-state index >= 15 is 0 Å². The molecule has 3 unspecified atom stereocenters. The highest BCUT2D eigenvalue weighted by Gasteiger charge is 2.55. The molecule has 2 heterocycles. The van der Waals surface area contributed by atoms with Crippen LogP contribution in [-0.4, -0.2) is 51.9 Å². The molecule has 1 amide bonds. The number of amides is 1. The minimum absolute atomic E-state index is 0.0305. The lowest BCUT2D eigenvalue weighted by molar-refractivity contribution is -0.136. The number of nitrogens with one attached hydrogen (secondary N) is 2. The number of aromatic nitrogens is 2. The van der Waals surface area contributed by atoms with Crippen LogP contribution >= 0.6 is 0 Å². The Bertz CT molecular complexity index is 820. The first-order chi connectivity index (χ1) is 14.6. The van der Waals surface area contributed by atoms with Crippen molar-refractivity contribution in [2.24, 2.45) is 17.8 Å². The molecule has 7 heteroatoms. The van der Waals surface area contributed by atoms with Crippen LogP contribution in [0.4, 0.5) is 5.95 Å². The topological polar surface area (TPSA) is 96.4 Å². The first kappa shape index (κ1) is 19.0. The zero-order valence-electron chi connectivity index (χ0n) is 17.5. The van der Waals surface area contributed by atoms with Crippen LogP contribution in [0, 0.1) is 17.8 Å². The SMILES string of the molecule is O=C(NC1C2CC3CC1CC(O)(C3)C2)c1cnc(NC2CCOC2)nc1C1CCC1. The van der Waals surface area contributed by atoms with Gasteiger partial charge >= 0.3 is 0 Å². The number of aliphatic hydroxyl groups is 1. The van der Waals surface area contributed by atoms with Gasteiger partial charge in [-0.15, -0.1) is 0 Å². The summed E-state index contributed by atoms with van der Waals surface area (Å²) in [5.41, 5.74) is 1.06. The number of hydrogen-bond donors (Lipinski definition) is 3. The Hall–Kier alpha value is -1.73. The van der Waals surface area contributed by atoms with Gasteiger partial charge < -0.3 is 20.5 Å². The van der Waals surface area contributed by atoms with Gasteiger partial charge in [-0.1, -0.05) is 6.42 Å². The van der Waals surface area contributed by atoms with Crippen molar-refractivity contribution in [1.29, 1.82) is 0 Å². The first-order valence-corrected chi connectivity index (χ1v) is 11.8. The molecule has 7 rings (SSSR count). The van der Waals surface area contributed by atoms with Crippen molar-refractivity contribution < 1.29 is 14.6 Å². The summed E-state index contributed by atoms with van der Waals surface area (Å²) in [5.74, 6) is 2.38. The quantitative estimate of drug-likeness (QED) is 0.688. The number of rotatable bonds is 5. The van der Waals surface area contributed by atoms with Gasteiger partial charge in [0.15, 0.2) is 0 Å². The number of nitrogens with zero attached hydrogens (tertiary/aromatic N) is 2. The molecule has 5 saturated carbocycles. The minimum atomic E-state index is -0.477. The Kier molecular flexibility index (Phi) is 4.53. The van der Waals surface area contributed by atoms with Crippen LogP contribution in [0.15, 0.2) is 6.20 Å². The predicted octanol–water partition coefficient (Wildman–Crippen LogP) is 2.61. The summed E-state index contributed by atoms with van der Waals surface area (Å²) in [6, 6.07) is 0.426. The normalized spacial score (nSPS) is 39.7. The van der Waals surface area contributed by atoms with E-state index in [1.807, 2.05) is 0 Å². The third-order valence-corrected chi connectivity index (χ3v) is 8.36. The molecule has 3 N–H and O–H groups in total. The van der Waals surface area contributed by atoms with E-state index in [9.17, 15) is 9.90 Å². The molecule has 0 spiro atoms. The van der Waals surface area contributed by atoms with Crippen LogP contribution in [0.1, 0.15) is 79.8 Å². The second kappa shape index (κ2) is 7.16. The van der Waals surface area contributed by atoms with E-state index in [1.54, 1.807) is 6.20 Å². The summed E-state index contributed by atoms with van der Waals surface area (Å²) in [6.45, 7) is 1.45. The first-order valence-electron chi connectivity index (χ1n) is 11.8. The van der Waals surface area contributed by atoms with Gasteiger partial charge in [0.1, 0.15) is 0 Å². The minimum Gasteiger partial charge on any atom is -0.390 e. The number of anilines is 1. The van der Waals surface area contributed by atoms with Crippen LogP contribution in [-0.2, 0) is 4.74 Å². The second-order valence-corrected chi connectivity index (χ2v) is 10.5. The number of carbonyl (C=O) groups excluding carboxylic acids is 1. The summed E-state index contributed by atoms with van der Waals surface area (Å²) in [5, 5.41) is 17.6. The standard InChI is InChI=1S/C23H32N4O3/c28-21(26-19-15-6-13-7-16(19)10-23(29,8-13)9-15)18-11-24-22(25-17-4-5-30-12-17)27-20(18)14-2-1-3-14/h11,13-17,19,29H,1-10,12H2,(H,26,28)(H,24,25,27). The van der Waals surface area contributed by atoms with Crippen LogP contribution in [0.25, 0.3) is 0 Å². The lowest BCUT2D eigenvalue weighted by atomic mass is 9.52. The fourth-order valence-corrected chi connectivity index (χ4v) is 6.91. The molecular formula is C23H32N4O3. The van der Waals surface area contributed by atoms with Crippen molar-refractivity contribution in [3.05, 3.63) is 17.5 Å². The van der Waals surface area contributed by atoms with Gasteiger partial charge in [0.05, 0.1) is 29.5 Å². The number of carbonyl (C=O) groups is 1. The average Bonchev–Trinajstić information content (AvgIpc) is 3.15. The van der Waals surface area contributed by atoms with E-state index in [1.165, 1.54) is 6.42 Å².